The number of carboxylic acid groups (broad SMARTS) is 1. The lowest BCUT2D eigenvalue weighted by molar-refractivity contribution is -0.137. The predicted molar refractivity (Wildman–Crippen MR) is 56.4 cm³/mol. The number of rotatable bonds is 4. The quantitative estimate of drug-likeness (QED) is 0.786. The third-order valence-corrected chi connectivity index (χ3v) is 4.19. The first-order valence-electron chi connectivity index (χ1n) is 4.04. The Kier molecular flexibility index (Phi) is 3.81. The van der Waals surface area contributed by atoms with Gasteiger partial charge in [0.1, 0.15) is 5.25 Å². The molecule has 4 heteroatoms. The molecule has 1 aromatic rings. The average Bonchev–Trinajstić information content (AvgIpc) is 2.50. The molecule has 0 saturated heterocycles. The van der Waals surface area contributed by atoms with Gasteiger partial charge in [-0.2, -0.15) is 0 Å². The molecular formula is C9H12O2S2. The van der Waals surface area contributed by atoms with Gasteiger partial charge in [0.25, 0.3) is 0 Å². The summed E-state index contributed by atoms with van der Waals surface area (Å²) in [4.78, 5) is 10.9. The first-order valence-corrected chi connectivity index (χ1v) is 5.80. The third kappa shape index (κ3) is 3.04. The van der Waals surface area contributed by atoms with Crippen LogP contribution < -0.4 is 0 Å². The van der Waals surface area contributed by atoms with Crippen LogP contribution in [-0.4, -0.2) is 16.3 Å². The maximum absolute atomic E-state index is 10.9. The zero-order valence-corrected chi connectivity index (χ0v) is 9.19. The fraction of sp³-hybridized carbons (Fsp3) is 0.444. The Morgan fingerprint density at radius 2 is 2.31 bits per heavy atom. The Morgan fingerprint density at radius 1 is 1.62 bits per heavy atom. The van der Waals surface area contributed by atoms with Gasteiger partial charge in [0.2, 0.25) is 0 Å². The maximum atomic E-state index is 10.9. The monoisotopic (exact) mass is 216 g/mol. The zero-order chi connectivity index (χ0) is 9.84. The highest BCUT2D eigenvalue weighted by atomic mass is 32.2. The largest absolute Gasteiger partial charge is 0.480 e. The second-order valence-electron chi connectivity index (χ2n) is 3.05. The van der Waals surface area contributed by atoms with Crippen LogP contribution in [0, 0.1) is 5.92 Å². The number of thioether (sulfide) groups is 1. The number of thiophene rings is 1. The molecule has 0 aliphatic heterocycles. The van der Waals surface area contributed by atoms with E-state index < -0.39 is 5.97 Å². The fourth-order valence-electron chi connectivity index (χ4n) is 0.927. The number of carbonyl (C=O) groups is 1. The van der Waals surface area contributed by atoms with Crippen LogP contribution in [0.5, 0.6) is 0 Å². The molecule has 1 atom stereocenters. The van der Waals surface area contributed by atoms with Crippen LogP contribution in [0.15, 0.2) is 21.7 Å². The van der Waals surface area contributed by atoms with Gasteiger partial charge in [-0.25, -0.2) is 0 Å². The van der Waals surface area contributed by atoms with Crippen molar-refractivity contribution in [3.63, 3.8) is 0 Å². The minimum absolute atomic E-state index is 0.157. The lowest BCUT2D eigenvalue weighted by atomic mass is 10.1. The number of aliphatic carboxylic acids is 1. The van der Waals surface area contributed by atoms with Crippen LogP contribution in [0.3, 0.4) is 0 Å². The number of hydrogen-bond donors (Lipinski definition) is 1. The van der Waals surface area contributed by atoms with E-state index in [1.807, 2.05) is 31.4 Å². The van der Waals surface area contributed by atoms with Gasteiger partial charge in [-0.15, -0.1) is 11.3 Å². The summed E-state index contributed by atoms with van der Waals surface area (Å²) in [5, 5.41) is 10.6. The Balaban J connectivity index is 2.63. The van der Waals surface area contributed by atoms with Gasteiger partial charge < -0.3 is 5.11 Å². The van der Waals surface area contributed by atoms with Gasteiger partial charge in [-0.3, -0.25) is 4.79 Å². The van der Waals surface area contributed by atoms with Crippen LogP contribution in [-0.2, 0) is 4.79 Å². The molecule has 0 spiro atoms. The van der Waals surface area contributed by atoms with Crippen molar-refractivity contribution < 1.29 is 9.90 Å². The van der Waals surface area contributed by atoms with Crippen molar-refractivity contribution in [2.45, 2.75) is 23.3 Å². The first-order chi connectivity index (χ1) is 6.11. The highest BCUT2D eigenvalue weighted by molar-refractivity contribution is 8.02. The van der Waals surface area contributed by atoms with E-state index >= 15 is 0 Å². The first kappa shape index (κ1) is 10.6. The minimum Gasteiger partial charge on any atom is -0.480 e. The van der Waals surface area contributed by atoms with Gasteiger partial charge in [0.05, 0.1) is 4.21 Å². The van der Waals surface area contributed by atoms with Crippen molar-refractivity contribution >= 4 is 29.1 Å². The molecule has 1 unspecified atom stereocenters. The van der Waals surface area contributed by atoms with Gasteiger partial charge in [0, 0.05) is 0 Å². The van der Waals surface area contributed by atoms with Gasteiger partial charge in [-0.1, -0.05) is 31.7 Å². The molecule has 0 aliphatic rings. The molecule has 0 bridgehead atoms. The summed E-state index contributed by atoms with van der Waals surface area (Å²) >= 11 is 3.02. The van der Waals surface area contributed by atoms with E-state index in [-0.39, 0.29) is 11.2 Å². The molecular weight excluding hydrogens is 204 g/mol. The van der Waals surface area contributed by atoms with Gasteiger partial charge in [0.15, 0.2) is 0 Å². The molecule has 0 fully saturated rings. The molecule has 0 radical (unpaired) electrons. The summed E-state index contributed by atoms with van der Waals surface area (Å²) < 4.78 is 1.07. The predicted octanol–water partition coefficient (Wildman–Crippen LogP) is 2.95. The van der Waals surface area contributed by atoms with Crippen LogP contribution in [0.1, 0.15) is 13.8 Å². The molecule has 0 aromatic carbocycles. The lowest BCUT2D eigenvalue weighted by Crippen LogP contribution is -2.21. The lowest BCUT2D eigenvalue weighted by Gasteiger charge is -2.13. The Morgan fingerprint density at radius 3 is 2.69 bits per heavy atom. The van der Waals surface area contributed by atoms with E-state index in [4.69, 9.17) is 5.11 Å². The molecule has 0 aliphatic carbocycles. The van der Waals surface area contributed by atoms with Crippen molar-refractivity contribution in [2.75, 3.05) is 0 Å². The van der Waals surface area contributed by atoms with E-state index in [0.717, 1.165) is 4.21 Å². The molecule has 0 saturated carbocycles. The Hall–Kier alpha value is -0.480. The summed E-state index contributed by atoms with van der Waals surface area (Å²) in [7, 11) is 0. The number of hydrogen-bond acceptors (Lipinski definition) is 3. The normalized spacial score (nSPS) is 13.2. The van der Waals surface area contributed by atoms with E-state index in [9.17, 15) is 4.79 Å². The van der Waals surface area contributed by atoms with Crippen LogP contribution in [0.25, 0.3) is 0 Å². The summed E-state index contributed by atoms with van der Waals surface area (Å²) in [6, 6.07) is 3.89. The van der Waals surface area contributed by atoms with E-state index in [1.54, 1.807) is 11.3 Å². The highest BCUT2D eigenvalue weighted by Crippen LogP contribution is 2.31. The SMILES string of the molecule is CC(C)C(Sc1cccs1)C(=O)O. The molecule has 0 amide bonds. The van der Waals surface area contributed by atoms with Crippen molar-refractivity contribution in [3.8, 4) is 0 Å². The summed E-state index contributed by atoms with van der Waals surface area (Å²) in [5.74, 6) is -0.571. The van der Waals surface area contributed by atoms with Crippen molar-refractivity contribution in [1.29, 1.82) is 0 Å². The second kappa shape index (κ2) is 4.67. The van der Waals surface area contributed by atoms with Crippen molar-refractivity contribution in [1.82, 2.24) is 0 Å². The smallest absolute Gasteiger partial charge is 0.317 e. The third-order valence-electron chi connectivity index (χ3n) is 1.59. The van der Waals surface area contributed by atoms with Crippen molar-refractivity contribution in [2.24, 2.45) is 5.92 Å². The number of carboxylic acids is 1. The minimum atomic E-state index is -0.728. The van der Waals surface area contributed by atoms with Gasteiger partial charge in [-0.05, 0) is 17.4 Å². The van der Waals surface area contributed by atoms with E-state index in [0.29, 0.717) is 0 Å². The molecule has 1 heterocycles. The topological polar surface area (TPSA) is 37.3 Å². The maximum Gasteiger partial charge on any atom is 0.317 e. The summed E-state index contributed by atoms with van der Waals surface area (Å²) in [6.45, 7) is 3.86. The van der Waals surface area contributed by atoms with Crippen LogP contribution >= 0.6 is 23.1 Å². The second-order valence-corrected chi connectivity index (χ2v) is 5.44. The summed E-state index contributed by atoms with van der Waals surface area (Å²) in [5.41, 5.74) is 0. The molecule has 1 rings (SSSR count). The van der Waals surface area contributed by atoms with Crippen LogP contribution in [0.4, 0.5) is 0 Å². The average molecular weight is 216 g/mol. The Labute approximate surface area is 86.0 Å². The molecule has 1 aromatic heterocycles. The van der Waals surface area contributed by atoms with E-state index in [1.165, 1.54) is 11.8 Å². The molecule has 2 nitrogen and oxygen atoms in total. The standard InChI is InChI=1S/C9H12O2S2/c1-6(2)8(9(10)11)13-7-4-3-5-12-7/h3-6,8H,1-2H3,(H,10,11). The highest BCUT2D eigenvalue weighted by Gasteiger charge is 2.22. The van der Waals surface area contributed by atoms with Crippen molar-refractivity contribution in [3.05, 3.63) is 17.5 Å². The van der Waals surface area contributed by atoms with Crippen LogP contribution in [0.2, 0.25) is 0 Å². The molecule has 72 valence electrons. The zero-order valence-electron chi connectivity index (χ0n) is 7.56. The van der Waals surface area contributed by atoms with Gasteiger partial charge >= 0.3 is 5.97 Å². The molecule has 1 N–H and O–H groups in total. The fourth-order valence-corrected chi connectivity index (χ4v) is 2.86. The molecule has 13 heavy (non-hydrogen) atoms. The summed E-state index contributed by atoms with van der Waals surface area (Å²) in [6.07, 6.45) is 0. The Bertz CT molecular complexity index is 267. The van der Waals surface area contributed by atoms with E-state index in [2.05, 4.69) is 0 Å².